The molecule has 3 N–H and O–H groups in total. The molecular formula is C10H15N3O. The molecule has 4 heteroatoms. The second-order valence-electron chi connectivity index (χ2n) is 3.70. The number of nitrogens with zero attached hydrogens (tertiary/aromatic N) is 1. The highest BCUT2D eigenvalue weighted by atomic mass is 16.1. The van der Waals surface area contributed by atoms with Crippen molar-refractivity contribution in [3.05, 3.63) is 30.1 Å². The average Bonchev–Trinajstić information content (AvgIpc) is 2.16. The molecular weight excluding hydrogens is 178 g/mol. The van der Waals surface area contributed by atoms with E-state index in [0.29, 0.717) is 6.54 Å². The molecule has 14 heavy (non-hydrogen) atoms. The van der Waals surface area contributed by atoms with E-state index in [0.717, 1.165) is 5.56 Å². The third-order valence-electron chi connectivity index (χ3n) is 2.07. The van der Waals surface area contributed by atoms with E-state index in [2.05, 4.69) is 10.3 Å². The van der Waals surface area contributed by atoms with Crippen LogP contribution in [0.1, 0.15) is 19.4 Å². The van der Waals surface area contributed by atoms with Gasteiger partial charge >= 0.3 is 0 Å². The maximum Gasteiger partial charge on any atom is 0.237 e. The summed E-state index contributed by atoms with van der Waals surface area (Å²) >= 11 is 0. The first-order valence-electron chi connectivity index (χ1n) is 4.46. The van der Waals surface area contributed by atoms with Crippen molar-refractivity contribution in [1.82, 2.24) is 10.3 Å². The van der Waals surface area contributed by atoms with E-state index in [1.165, 1.54) is 0 Å². The SMILES string of the molecule is CC(C)(NCc1cccnc1)C(N)=O. The summed E-state index contributed by atoms with van der Waals surface area (Å²) in [5.74, 6) is -0.360. The second kappa shape index (κ2) is 4.19. The molecule has 0 unspecified atom stereocenters. The van der Waals surface area contributed by atoms with Crippen LogP contribution in [-0.4, -0.2) is 16.4 Å². The lowest BCUT2D eigenvalue weighted by Gasteiger charge is -2.22. The number of primary amides is 1. The average molecular weight is 193 g/mol. The van der Waals surface area contributed by atoms with Gasteiger partial charge in [0.2, 0.25) is 5.91 Å². The van der Waals surface area contributed by atoms with E-state index in [1.54, 1.807) is 26.2 Å². The van der Waals surface area contributed by atoms with Crippen LogP contribution in [0.2, 0.25) is 0 Å². The minimum absolute atomic E-state index is 0.360. The van der Waals surface area contributed by atoms with Crippen LogP contribution in [0.25, 0.3) is 0 Å². The zero-order chi connectivity index (χ0) is 10.6. The first kappa shape index (κ1) is 10.7. The van der Waals surface area contributed by atoms with Crippen LogP contribution in [0, 0.1) is 0 Å². The van der Waals surface area contributed by atoms with Crippen molar-refractivity contribution in [2.45, 2.75) is 25.9 Å². The van der Waals surface area contributed by atoms with Gasteiger partial charge in [0, 0.05) is 18.9 Å². The van der Waals surface area contributed by atoms with Crippen molar-refractivity contribution in [2.75, 3.05) is 0 Å². The van der Waals surface area contributed by atoms with E-state index in [1.807, 2.05) is 12.1 Å². The first-order chi connectivity index (χ1) is 6.52. The number of rotatable bonds is 4. The predicted molar refractivity (Wildman–Crippen MR) is 54.4 cm³/mol. The summed E-state index contributed by atoms with van der Waals surface area (Å²) in [6.45, 7) is 4.10. The number of pyridine rings is 1. The smallest absolute Gasteiger partial charge is 0.237 e. The van der Waals surface area contributed by atoms with Crippen LogP contribution in [0.15, 0.2) is 24.5 Å². The van der Waals surface area contributed by atoms with Crippen LogP contribution in [-0.2, 0) is 11.3 Å². The molecule has 0 aliphatic rings. The second-order valence-corrected chi connectivity index (χ2v) is 3.70. The Hall–Kier alpha value is -1.42. The normalized spacial score (nSPS) is 11.3. The first-order valence-corrected chi connectivity index (χ1v) is 4.46. The van der Waals surface area contributed by atoms with Gasteiger partial charge in [0.05, 0.1) is 5.54 Å². The van der Waals surface area contributed by atoms with E-state index in [9.17, 15) is 4.79 Å². The lowest BCUT2D eigenvalue weighted by atomic mass is 10.0. The molecule has 0 aliphatic heterocycles. The van der Waals surface area contributed by atoms with Crippen molar-refractivity contribution in [1.29, 1.82) is 0 Å². The third-order valence-corrected chi connectivity index (χ3v) is 2.07. The van der Waals surface area contributed by atoms with Crippen molar-refractivity contribution in [3.8, 4) is 0 Å². The summed E-state index contributed by atoms with van der Waals surface area (Å²) in [5.41, 5.74) is 5.56. The molecule has 1 amide bonds. The fourth-order valence-electron chi connectivity index (χ4n) is 0.913. The zero-order valence-electron chi connectivity index (χ0n) is 8.45. The molecule has 0 atom stereocenters. The van der Waals surface area contributed by atoms with Gasteiger partial charge in [0.15, 0.2) is 0 Å². The molecule has 0 bridgehead atoms. The van der Waals surface area contributed by atoms with Crippen molar-refractivity contribution in [3.63, 3.8) is 0 Å². The molecule has 1 aromatic heterocycles. The third kappa shape index (κ3) is 2.81. The highest BCUT2D eigenvalue weighted by molar-refractivity contribution is 5.83. The molecule has 1 aromatic rings. The Morgan fingerprint density at radius 2 is 2.36 bits per heavy atom. The molecule has 0 saturated carbocycles. The topological polar surface area (TPSA) is 68.0 Å². The van der Waals surface area contributed by atoms with Crippen LogP contribution < -0.4 is 11.1 Å². The fourth-order valence-corrected chi connectivity index (χ4v) is 0.913. The van der Waals surface area contributed by atoms with Gasteiger partial charge in [0.1, 0.15) is 0 Å². The molecule has 0 fully saturated rings. The van der Waals surface area contributed by atoms with Crippen molar-refractivity contribution < 1.29 is 4.79 Å². The summed E-state index contributed by atoms with van der Waals surface area (Å²) in [6, 6.07) is 3.80. The number of hydrogen-bond acceptors (Lipinski definition) is 3. The van der Waals surface area contributed by atoms with E-state index in [-0.39, 0.29) is 5.91 Å². The monoisotopic (exact) mass is 193 g/mol. The molecule has 0 spiro atoms. The maximum atomic E-state index is 11.0. The summed E-state index contributed by atoms with van der Waals surface area (Å²) in [5, 5.41) is 3.06. The molecule has 0 saturated heterocycles. The molecule has 1 heterocycles. The minimum atomic E-state index is -0.685. The predicted octanol–water partition coefficient (Wildman–Crippen LogP) is 0.435. The van der Waals surface area contributed by atoms with Gasteiger partial charge in [-0.15, -0.1) is 0 Å². The molecule has 0 radical (unpaired) electrons. The Morgan fingerprint density at radius 3 is 2.86 bits per heavy atom. The van der Waals surface area contributed by atoms with E-state index >= 15 is 0 Å². The Labute approximate surface area is 83.5 Å². The standard InChI is InChI=1S/C10H15N3O/c1-10(2,9(11)14)13-7-8-4-3-5-12-6-8/h3-6,13H,7H2,1-2H3,(H2,11,14). The molecule has 0 aromatic carbocycles. The Morgan fingerprint density at radius 1 is 1.64 bits per heavy atom. The molecule has 1 rings (SSSR count). The van der Waals surface area contributed by atoms with Gasteiger partial charge in [-0.2, -0.15) is 0 Å². The fraction of sp³-hybridized carbons (Fsp3) is 0.400. The van der Waals surface area contributed by atoms with E-state index in [4.69, 9.17) is 5.73 Å². The van der Waals surface area contributed by atoms with Crippen LogP contribution in [0.4, 0.5) is 0 Å². The zero-order valence-corrected chi connectivity index (χ0v) is 8.45. The van der Waals surface area contributed by atoms with Crippen LogP contribution in [0.5, 0.6) is 0 Å². The van der Waals surface area contributed by atoms with Gasteiger partial charge in [-0.25, -0.2) is 0 Å². The quantitative estimate of drug-likeness (QED) is 0.729. The van der Waals surface area contributed by atoms with Gasteiger partial charge in [-0.05, 0) is 25.5 Å². The lowest BCUT2D eigenvalue weighted by Crippen LogP contribution is -2.50. The van der Waals surface area contributed by atoms with Crippen LogP contribution in [0.3, 0.4) is 0 Å². The largest absolute Gasteiger partial charge is 0.368 e. The van der Waals surface area contributed by atoms with E-state index < -0.39 is 5.54 Å². The minimum Gasteiger partial charge on any atom is -0.368 e. The maximum absolute atomic E-state index is 11.0. The van der Waals surface area contributed by atoms with Crippen molar-refractivity contribution >= 4 is 5.91 Å². The number of nitrogens with one attached hydrogen (secondary N) is 1. The highest BCUT2D eigenvalue weighted by Gasteiger charge is 2.23. The van der Waals surface area contributed by atoms with Gasteiger partial charge in [0.25, 0.3) is 0 Å². The summed E-state index contributed by atoms with van der Waals surface area (Å²) < 4.78 is 0. The number of aromatic nitrogens is 1. The number of carbonyl (C=O) groups excluding carboxylic acids is 1. The Kier molecular flexibility index (Phi) is 3.19. The Balaban J connectivity index is 2.53. The molecule has 4 nitrogen and oxygen atoms in total. The van der Waals surface area contributed by atoms with Crippen LogP contribution >= 0.6 is 0 Å². The number of carbonyl (C=O) groups is 1. The molecule has 0 aliphatic carbocycles. The Bertz CT molecular complexity index is 308. The van der Waals surface area contributed by atoms with Gasteiger partial charge in [-0.3, -0.25) is 15.1 Å². The summed E-state index contributed by atoms with van der Waals surface area (Å²) in [4.78, 5) is 15.0. The number of nitrogens with two attached hydrogens (primary N) is 1. The molecule has 76 valence electrons. The number of hydrogen-bond donors (Lipinski definition) is 2. The van der Waals surface area contributed by atoms with Gasteiger partial charge in [-0.1, -0.05) is 6.07 Å². The summed E-state index contributed by atoms with van der Waals surface area (Å²) in [6.07, 6.45) is 3.47. The lowest BCUT2D eigenvalue weighted by molar-refractivity contribution is -0.123. The van der Waals surface area contributed by atoms with Crippen molar-refractivity contribution in [2.24, 2.45) is 5.73 Å². The van der Waals surface area contributed by atoms with Gasteiger partial charge < -0.3 is 5.73 Å². The summed E-state index contributed by atoms with van der Waals surface area (Å²) in [7, 11) is 0. The number of amides is 1. The highest BCUT2D eigenvalue weighted by Crippen LogP contribution is 2.03.